The lowest BCUT2D eigenvalue weighted by Crippen LogP contribution is -2.34. The van der Waals surface area contributed by atoms with E-state index >= 15 is 0 Å². The predicted octanol–water partition coefficient (Wildman–Crippen LogP) is 1.24. The number of amides is 1. The maximum Gasteiger partial charge on any atom is 0.221 e. The summed E-state index contributed by atoms with van der Waals surface area (Å²) in [7, 11) is 1.86. The first-order chi connectivity index (χ1) is 6.70. The van der Waals surface area contributed by atoms with E-state index in [-0.39, 0.29) is 5.91 Å². The van der Waals surface area contributed by atoms with E-state index in [0.717, 1.165) is 24.5 Å². The molecule has 0 aliphatic heterocycles. The molecule has 0 bridgehead atoms. The topological polar surface area (TPSA) is 41.1 Å². The second kappa shape index (κ2) is 9.34. The minimum Gasteiger partial charge on any atom is -0.354 e. The minimum atomic E-state index is 0.147. The van der Waals surface area contributed by atoms with Crippen molar-refractivity contribution in [3.63, 3.8) is 0 Å². The van der Waals surface area contributed by atoms with Crippen LogP contribution in [0.1, 0.15) is 26.7 Å². The number of thioether (sulfide) groups is 1. The highest BCUT2D eigenvalue weighted by Gasteiger charge is 2.05. The highest BCUT2D eigenvalue weighted by atomic mass is 32.2. The second-order valence-corrected chi connectivity index (χ2v) is 4.70. The molecule has 0 saturated carbocycles. The lowest BCUT2D eigenvalue weighted by atomic mass is 10.2. The van der Waals surface area contributed by atoms with Crippen LogP contribution in [0.15, 0.2) is 0 Å². The summed E-state index contributed by atoms with van der Waals surface area (Å²) < 4.78 is 0. The van der Waals surface area contributed by atoms with Gasteiger partial charge in [0.2, 0.25) is 5.91 Å². The molecule has 0 spiro atoms. The highest BCUT2D eigenvalue weighted by molar-refractivity contribution is 7.99. The molecule has 0 aromatic rings. The first-order valence-electron chi connectivity index (χ1n) is 5.22. The van der Waals surface area contributed by atoms with Gasteiger partial charge in [0.05, 0.1) is 0 Å². The zero-order valence-electron chi connectivity index (χ0n) is 9.43. The Morgan fingerprint density at radius 2 is 2.21 bits per heavy atom. The summed E-state index contributed by atoms with van der Waals surface area (Å²) in [6, 6.07) is 0.304. The zero-order chi connectivity index (χ0) is 10.8. The van der Waals surface area contributed by atoms with Crippen molar-refractivity contribution < 1.29 is 4.79 Å². The summed E-state index contributed by atoms with van der Waals surface area (Å²) >= 11 is 1.92. The fourth-order valence-electron chi connectivity index (χ4n) is 1.06. The van der Waals surface area contributed by atoms with Crippen LogP contribution in [0.3, 0.4) is 0 Å². The maximum absolute atomic E-state index is 11.3. The van der Waals surface area contributed by atoms with Gasteiger partial charge in [-0.1, -0.05) is 6.92 Å². The second-order valence-electron chi connectivity index (χ2n) is 3.31. The van der Waals surface area contributed by atoms with Crippen molar-refractivity contribution in [3.8, 4) is 0 Å². The molecule has 0 radical (unpaired) electrons. The normalized spacial score (nSPS) is 12.5. The van der Waals surface area contributed by atoms with Crippen molar-refractivity contribution in [1.29, 1.82) is 0 Å². The van der Waals surface area contributed by atoms with Crippen molar-refractivity contribution in [2.24, 2.45) is 0 Å². The van der Waals surface area contributed by atoms with Crippen LogP contribution in [-0.2, 0) is 4.79 Å². The van der Waals surface area contributed by atoms with Gasteiger partial charge in [-0.3, -0.25) is 4.79 Å². The Morgan fingerprint density at radius 1 is 1.50 bits per heavy atom. The van der Waals surface area contributed by atoms with Crippen LogP contribution < -0.4 is 10.6 Å². The standard InChI is InChI=1S/C10H22N2OS/c1-4-14-8-6-9(2)12-10(13)5-7-11-3/h9,11H,4-8H2,1-3H3,(H,12,13). The van der Waals surface area contributed by atoms with Crippen LogP contribution in [0.4, 0.5) is 0 Å². The Balaban J connectivity index is 3.40. The molecule has 0 saturated heterocycles. The lowest BCUT2D eigenvalue weighted by Gasteiger charge is -2.13. The molecule has 84 valence electrons. The van der Waals surface area contributed by atoms with E-state index in [4.69, 9.17) is 0 Å². The molecule has 1 amide bonds. The largest absolute Gasteiger partial charge is 0.354 e. The number of carbonyl (C=O) groups excluding carboxylic acids is 1. The minimum absolute atomic E-state index is 0.147. The smallest absolute Gasteiger partial charge is 0.221 e. The Hall–Kier alpha value is -0.220. The Morgan fingerprint density at radius 3 is 2.79 bits per heavy atom. The summed E-state index contributed by atoms with van der Waals surface area (Å²) in [6.45, 7) is 4.97. The molecule has 1 atom stereocenters. The number of hydrogen-bond donors (Lipinski definition) is 2. The molecular weight excluding hydrogens is 196 g/mol. The molecule has 0 aliphatic carbocycles. The van der Waals surface area contributed by atoms with Crippen molar-refractivity contribution in [2.45, 2.75) is 32.7 Å². The lowest BCUT2D eigenvalue weighted by molar-refractivity contribution is -0.121. The number of nitrogens with one attached hydrogen (secondary N) is 2. The summed E-state index contributed by atoms with van der Waals surface area (Å²) in [5, 5.41) is 5.94. The van der Waals surface area contributed by atoms with Gasteiger partial charge in [-0.2, -0.15) is 11.8 Å². The van der Waals surface area contributed by atoms with E-state index < -0.39 is 0 Å². The molecule has 0 aromatic heterocycles. The van der Waals surface area contributed by atoms with Crippen molar-refractivity contribution in [1.82, 2.24) is 10.6 Å². The molecule has 1 unspecified atom stereocenters. The van der Waals surface area contributed by atoms with Gasteiger partial charge >= 0.3 is 0 Å². The molecule has 2 N–H and O–H groups in total. The molecule has 0 rings (SSSR count). The van der Waals surface area contributed by atoms with Gasteiger partial charge in [0.15, 0.2) is 0 Å². The van der Waals surface area contributed by atoms with Crippen LogP contribution in [0.5, 0.6) is 0 Å². The van der Waals surface area contributed by atoms with Gasteiger partial charge in [0.25, 0.3) is 0 Å². The Labute approximate surface area is 91.4 Å². The summed E-state index contributed by atoms with van der Waals surface area (Å²) in [5.74, 6) is 2.43. The summed E-state index contributed by atoms with van der Waals surface area (Å²) in [6.07, 6.45) is 1.63. The van der Waals surface area contributed by atoms with E-state index in [0.29, 0.717) is 12.5 Å². The van der Waals surface area contributed by atoms with Crippen LogP contribution in [0.25, 0.3) is 0 Å². The number of hydrogen-bond acceptors (Lipinski definition) is 3. The number of carbonyl (C=O) groups is 1. The van der Waals surface area contributed by atoms with Crippen LogP contribution in [0.2, 0.25) is 0 Å². The Kier molecular flexibility index (Phi) is 9.19. The molecular formula is C10H22N2OS. The van der Waals surface area contributed by atoms with Gasteiger partial charge in [0.1, 0.15) is 0 Å². The van der Waals surface area contributed by atoms with Crippen LogP contribution >= 0.6 is 11.8 Å². The molecule has 0 aliphatic rings. The van der Waals surface area contributed by atoms with Crippen LogP contribution in [-0.4, -0.2) is 37.0 Å². The molecule has 4 heteroatoms. The third kappa shape index (κ3) is 8.38. The zero-order valence-corrected chi connectivity index (χ0v) is 10.2. The summed E-state index contributed by atoms with van der Waals surface area (Å²) in [4.78, 5) is 11.3. The monoisotopic (exact) mass is 218 g/mol. The molecule has 0 fully saturated rings. The van der Waals surface area contributed by atoms with E-state index in [1.165, 1.54) is 0 Å². The third-order valence-corrected chi connectivity index (χ3v) is 2.84. The first kappa shape index (κ1) is 13.8. The van der Waals surface area contributed by atoms with Crippen molar-refractivity contribution in [3.05, 3.63) is 0 Å². The number of rotatable bonds is 8. The van der Waals surface area contributed by atoms with Gasteiger partial charge < -0.3 is 10.6 Å². The molecule has 14 heavy (non-hydrogen) atoms. The van der Waals surface area contributed by atoms with Gasteiger partial charge in [-0.25, -0.2) is 0 Å². The van der Waals surface area contributed by atoms with E-state index in [1.807, 2.05) is 18.8 Å². The highest BCUT2D eigenvalue weighted by Crippen LogP contribution is 2.03. The van der Waals surface area contributed by atoms with Crippen molar-refractivity contribution in [2.75, 3.05) is 25.1 Å². The maximum atomic E-state index is 11.3. The summed E-state index contributed by atoms with van der Waals surface area (Å²) in [5.41, 5.74) is 0. The van der Waals surface area contributed by atoms with Crippen LogP contribution in [0, 0.1) is 0 Å². The fraction of sp³-hybridized carbons (Fsp3) is 0.900. The van der Waals surface area contributed by atoms with E-state index in [2.05, 4.69) is 24.5 Å². The van der Waals surface area contributed by atoms with E-state index in [1.54, 1.807) is 0 Å². The Bertz CT molecular complexity index is 153. The third-order valence-electron chi connectivity index (χ3n) is 1.91. The average molecular weight is 218 g/mol. The van der Waals surface area contributed by atoms with Crippen molar-refractivity contribution >= 4 is 17.7 Å². The van der Waals surface area contributed by atoms with Gasteiger partial charge in [0, 0.05) is 19.0 Å². The van der Waals surface area contributed by atoms with Gasteiger partial charge in [-0.05, 0) is 31.9 Å². The SMILES string of the molecule is CCSCCC(C)NC(=O)CCNC. The van der Waals surface area contributed by atoms with E-state index in [9.17, 15) is 4.79 Å². The molecule has 3 nitrogen and oxygen atoms in total. The van der Waals surface area contributed by atoms with Gasteiger partial charge in [-0.15, -0.1) is 0 Å². The predicted molar refractivity (Wildman–Crippen MR) is 63.8 cm³/mol. The first-order valence-corrected chi connectivity index (χ1v) is 6.37. The fourth-order valence-corrected chi connectivity index (χ4v) is 1.87. The molecule has 0 heterocycles. The molecule has 0 aromatic carbocycles. The quantitative estimate of drug-likeness (QED) is 0.602. The average Bonchev–Trinajstić information content (AvgIpc) is 2.15.